The molecule has 0 aliphatic rings. The molecule has 10 heteroatoms. The van der Waals surface area contributed by atoms with Crippen molar-refractivity contribution in [3.8, 4) is 34.5 Å². The molecule has 10 nitrogen and oxygen atoms in total. The van der Waals surface area contributed by atoms with E-state index in [1.165, 1.54) is 0 Å². The summed E-state index contributed by atoms with van der Waals surface area (Å²) in [5.41, 5.74) is 4.20. The molecule has 3 aromatic carbocycles. The van der Waals surface area contributed by atoms with Crippen molar-refractivity contribution in [3.05, 3.63) is 107 Å². The van der Waals surface area contributed by atoms with E-state index in [0.717, 1.165) is 28.7 Å². The van der Waals surface area contributed by atoms with Crippen molar-refractivity contribution in [1.29, 1.82) is 0 Å². The third-order valence-electron chi connectivity index (χ3n) is 6.62. The maximum Gasteiger partial charge on any atom is 0.310 e. The number of hydrogen-bond acceptors (Lipinski definition) is 9. The molecule has 0 atom stereocenters. The highest BCUT2D eigenvalue weighted by Gasteiger charge is 2.16. The normalized spacial score (nSPS) is 10.8. The molecule has 2 heterocycles. The zero-order valence-electron chi connectivity index (χ0n) is 24.8. The summed E-state index contributed by atoms with van der Waals surface area (Å²) in [6.07, 6.45) is 2.54. The summed E-state index contributed by atoms with van der Waals surface area (Å²) in [4.78, 5) is 28.2. The van der Waals surface area contributed by atoms with Crippen LogP contribution >= 0.6 is 0 Å². The fourth-order valence-electron chi connectivity index (χ4n) is 4.48. The molecule has 0 fully saturated rings. The second kappa shape index (κ2) is 14.2. The lowest BCUT2D eigenvalue weighted by molar-refractivity contribution is -0.142. The van der Waals surface area contributed by atoms with E-state index in [2.05, 4.69) is 10.1 Å². The Morgan fingerprint density at radius 1 is 0.886 bits per heavy atom. The van der Waals surface area contributed by atoms with Crippen LogP contribution < -0.4 is 14.2 Å². The number of para-hydroxylation sites is 1. The Labute approximate surface area is 255 Å². The molecule has 0 saturated heterocycles. The van der Waals surface area contributed by atoms with Crippen molar-refractivity contribution in [2.45, 2.75) is 40.4 Å². The van der Waals surface area contributed by atoms with E-state index < -0.39 is 0 Å². The van der Waals surface area contributed by atoms with Gasteiger partial charge in [-0.15, -0.1) is 5.10 Å². The summed E-state index contributed by atoms with van der Waals surface area (Å²) in [5, 5.41) is 4.43. The molecule has 5 aromatic rings. The SMILES string of the molecule is CCOC(=O)Cc1cccc(-c2nc(COc3ccc(COc4nn(-c5ccccc5)cc4C=O)cc3OCC)c(C)o2)c1. The number of hydrogen-bond donors (Lipinski definition) is 0. The van der Waals surface area contributed by atoms with Crippen molar-refractivity contribution in [2.75, 3.05) is 13.2 Å². The number of benzene rings is 3. The van der Waals surface area contributed by atoms with Crippen molar-refractivity contribution in [1.82, 2.24) is 14.8 Å². The fourth-order valence-corrected chi connectivity index (χ4v) is 4.48. The van der Waals surface area contributed by atoms with Gasteiger partial charge >= 0.3 is 5.97 Å². The molecule has 0 N–H and O–H groups in total. The lowest BCUT2D eigenvalue weighted by Crippen LogP contribution is -2.07. The molecule has 5 rings (SSSR count). The van der Waals surface area contributed by atoms with Crippen LogP contribution in [0.4, 0.5) is 0 Å². The quantitative estimate of drug-likeness (QED) is 0.108. The number of rotatable bonds is 14. The standard InChI is InChI=1S/C34H33N3O7/c1-4-40-31-17-25(21-43-34-27(20-38)19-37(36-34)28-12-7-6-8-13-28)14-15-30(31)42-22-29-23(3)44-33(35-29)26-11-9-10-24(16-26)18-32(39)41-5-2/h6-17,19-20H,4-5,18,21-22H2,1-3H3. The number of aromatic nitrogens is 3. The van der Waals surface area contributed by atoms with E-state index in [-0.39, 0.29) is 31.5 Å². The van der Waals surface area contributed by atoms with Gasteiger partial charge < -0.3 is 23.4 Å². The Hall–Kier alpha value is -5.38. The first kappa shape index (κ1) is 30.1. The monoisotopic (exact) mass is 595 g/mol. The van der Waals surface area contributed by atoms with Gasteiger partial charge in [-0.3, -0.25) is 9.59 Å². The van der Waals surface area contributed by atoms with Gasteiger partial charge in [0.25, 0.3) is 0 Å². The van der Waals surface area contributed by atoms with Crippen molar-refractivity contribution >= 4 is 12.3 Å². The van der Waals surface area contributed by atoms with Crippen LogP contribution in [0.25, 0.3) is 17.1 Å². The van der Waals surface area contributed by atoms with Crippen molar-refractivity contribution in [3.63, 3.8) is 0 Å². The van der Waals surface area contributed by atoms with E-state index >= 15 is 0 Å². The molecule has 226 valence electrons. The first-order valence-corrected chi connectivity index (χ1v) is 14.3. The predicted octanol–water partition coefficient (Wildman–Crippen LogP) is 6.31. The van der Waals surface area contributed by atoms with Gasteiger partial charge in [0.2, 0.25) is 11.8 Å². The van der Waals surface area contributed by atoms with E-state index in [4.69, 9.17) is 23.4 Å². The molecular formula is C34H33N3O7. The molecule has 0 saturated carbocycles. The zero-order valence-corrected chi connectivity index (χ0v) is 24.8. The van der Waals surface area contributed by atoms with Gasteiger partial charge in [0.15, 0.2) is 17.8 Å². The van der Waals surface area contributed by atoms with E-state index in [0.29, 0.717) is 47.6 Å². The highest BCUT2D eigenvalue weighted by Crippen LogP contribution is 2.31. The average molecular weight is 596 g/mol. The van der Waals surface area contributed by atoms with Gasteiger partial charge in [-0.1, -0.05) is 36.4 Å². The van der Waals surface area contributed by atoms with Gasteiger partial charge in [0.1, 0.15) is 24.7 Å². The summed E-state index contributed by atoms with van der Waals surface area (Å²) >= 11 is 0. The minimum Gasteiger partial charge on any atom is -0.490 e. The largest absolute Gasteiger partial charge is 0.490 e. The summed E-state index contributed by atoms with van der Waals surface area (Å²) in [7, 11) is 0. The van der Waals surface area contributed by atoms with E-state index in [1.807, 2.05) is 86.6 Å². The Morgan fingerprint density at radius 3 is 2.50 bits per heavy atom. The first-order valence-electron chi connectivity index (χ1n) is 14.3. The van der Waals surface area contributed by atoms with Gasteiger partial charge in [-0.25, -0.2) is 9.67 Å². The third-order valence-corrected chi connectivity index (χ3v) is 6.62. The maximum absolute atomic E-state index is 11.9. The second-order valence-electron chi connectivity index (χ2n) is 9.78. The van der Waals surface area contributed by atoms with E-state index in [1.54, 1.807) is 17.8 Å². The number of carbonyl (C=O) groups is 2. The summed E-state index contributed by atoms with van der Waals surface area (Å²) in [6, 6.07) is 22.5. The van der Waals surface area contributed by atoms with Crippen LogP contribution in [0, 0.1) is 6.92 Å². The molecule has 44 heavy (non-hydrogen) atoms. The smallest absolute Gasteiger partial charge is 0.310 e. The number of carbonyl (C=O) groups excluding carboxylic acids is 2. The molecule has 0 aliphatic carbocycles. The van der Waals surface area contributed by atoms with Crippen LogP contribution in [0.2, 0.25) is 0 Å². The molecular weight excluding hydrogens is 562 g/mol. The number of ether oxygens (including phenoxy) is 4. The lowest BCUT2D eigenvalue weighted by atomic mass is 10.1. The summed E-state index contributed by atoms with van der Waals surface area (Å²) < 4.78 is 30.5. The first-order chi connectivity index (χ1) is 21.5. The van der Waals surface area contributed by atoms with Crippen LogP contribution in [-0.2, 0) is 29.2 Å². The minimum atomic E-state index is -0.283. The molecule has 0 spiro atoms. The van der Waals surface area contributed by atoms with Gasteiger partial charge in [-0.2, -0.15) is 0 Å². The van der Waals surface area contributed by atoms with E-state index in [9.17, 15) is 9.59 Å². The van der Waals surface area contributed by atoms with Gasteiger partial charge in [0.05, 0.1) is 30.9 Å². The molecule has 0 amide bonds. The second-order valence-corrected chi connectivity index (χ2v) is 9.78. The molecule has 0 aliphatic heterocycles. The number of esters is 1. The van der Waals surface area contributed by atoms with Gasteiger partial charge in [-0.05, 0) is 68.3 Å². The van der Waals surface area contributed by atoms with Crippen LogP contribution in [-0.4, -0.2) is 40.2 Å². The number of nitrogens with zero attached hydrogens (tertiary/aromatic N) is 3. The highest BCUT2D eigenvalue weighted by molar-refractivity contribution is 5.78. The van der Waals surface area contributed by atoms with Gasteiger partial charge in [0, 0.05) is 11.8 Å². The summed E-state index contributed by atoms with van der Waals surface area (Å²) in [5.74, 6) is 2.11. The molecule has 0 radical (unpaired) electrons. The zero-order chi connectivity index (χ0) is 30.9. The van der Waals surface area contributed by atoms with Crippen LogP contribution in [0.15, 0.2) is 83.4 Å². The molecule has 0 unspecified atom stereocenters. The number of oxazole rings is 1. The minimum absolute atomic E-state index is 0.160. The third kappa shape index (κ3) is 7.33. The van der Waals surface area contributed by atoms with Crippen LogP contribution in [0.1, 0.15) is 46.8 Å². The number of aldehydes is 1. The Morgan fingerprint density at radius 2 is 1.73 bits per heavy atom. The topological polar surface area (TPSA) is 115 Å². The van der Waals surface area contributed by atoms with Crippen LogP contribution in [0.3, 0.4) is 0 Å². The summed E-state index contributed by atoms with van der Waals surface area (Å²) in [6.45, 7) is 6.61. The maximum atomic E-state index is 11.9. The molecule has 0 bridgehead atoms. The van der Waals surface area contributed by atoms with Crippen LogP contribution in [0.5, 0.6) is 17.4 Å². The predicted molar refractivity (Wildman–Crippen MR) is 162 cm³/mol. The average Bonchev–Trinajstić information content (AvgIpc) is 3.63. The lowest BCUT2D eigenvalue weighted by Gasteiger charge is -2.13. The fraction of sp³-hybridized carbons (Fsp3) is 0.235. The Bertz CT molecular complexity index is 1730. The Balaban J connectivity index is 1.25. The molecule has 2 aromatic heterocycles. The van der Waals surface area contributed by atoms with Crippen molar-refractivity contribution in [2.24, 2.45) is 0 Å². The number of aryl methyl sites for hydroxylation is 1. The Kier molecular flexibility index (Phi) is 9.71. The highest BCUT2D eigenvalue weighted by atomic mass is 16.5. The van der Waals surface area contributed by atoms with Crippen molar-refractivity contribution < 1.29 is 33.0 Å².